The molecule has 0 aliphatic carbocycles. The van der Waals surface area contributed by atoms with Crippen molar-refractivity contribution in [3.05, 3.63) is 0 Å². The van der Waals surface area contributed by atoms with Crippen LogP contribution in [0.2, 0.25) is 0 Å². The molecule has 0 saturated heterocycles. The smallest absolute Gasteiger partial charge is 0.339 e. The van der Waals surface area contributed by atoms with Crippen LogP contribution in [0.3, 0.4) is 0 Å². The normalized spacial score (nSPS) is 12.3. The van der Waals surface area contributed by atoms with Crippen molar-refractivity contribution in [2.75, 3.05) is 19.6 Å². The second-order valence-electron chi connectivity index (χ2n) is 2.29. The molecule has 74 valence electrons. The van der Waals surface area contributed by atoms with Crippen molar-refractivity contribution in [2.24, 2.45) is 0 Å². The Labute approximate surface area is 78.0 Å². The lowest BCUT2D eigenvalue weighted by molar-refractivity contribution is -0.143. The molecule has 0 spiro atoms. The van der Waals surface area contributed by atoms with Gasteiger partial charge in [0.2, 0.25) is 6.17 Å². The van der Waals surface area contributed by atoms with Gasteiger partial charge >= 0.3 is 5.97 Å². The van der Waals surface area contributed by atoms with Gasteiger partial charge in [-0.3, -0.25) is 0 Å². The summed E-state index contributed by atoms with van der Waals surface area (Å²) < 4.78 is 12.5. The number of alkyl halides is 1. The van der Waals surface area contributed by atoms with Crippen molar-refractivity contribution in [1.82, 2.24) is 4.90 Å². The highest BCUT2D eigenvalue weighted by Crippen LogP contribution is 1.96. The fourth-order valence-corrected chi connectivity index (χ4v) is 0.787. The zero-order valence-electron chi connectivity index (χ0n) is 7.29. The Morgan fingerprint density at radius 2 is 1.92 bits per heavy atom. The van der Waals surface area contributed by atoms with E-state index in [4.69, 9.17) is 5.11 Å². The number of halogens is 2. The van der Waals surface area contributed by atoms with Gasteiger partial charge in [-0.05, 0) is 13.1 Å². The molecule has 0 amide bonds. The van der Waals surface area contributed by atoms with Crippen LogP contribution < -0.4 is 0 Å². The number of rotatable bonds is 5. The van der Waals surface area contributed by atoms with Gasteiger partial charge in [-0.1, -0.05) is 13.8 Å². The molecule has 12 heavy (non-hydrogen) atoms. The number of aliphatic carboxylic acids is 1. The van der Waals surface area contributed by atoms with E-state index in [0.29, 0.717) is 13.1 Å². The molecule has 1 unspecified atom stereocenters. The number of hydrogen-bond donors (Lipinski definition) is 1. The number of nitrogens with zero attached hydrogens (tertiary/aromatic N) is 1. The zero-order chi connectivity index (χ0) is 8.85. The van der Waals surface area contributed by atoms with E-state index < -0.39 is 12.1 Å². The average molecular weight is 200 g/mol. The van der Waals surface area contributed by atoms with E-state index >= 15 is 0 Å². The maximum absolute atomic E-state index is 12.5. The quantitative estimate of drug-likeness (QED) is 0.723. The van der Waals surface area contributed by atoms with E-state index in [-0.39, 0.29) is 19.0 Å². The highest BCUT2D eigenvalue weighted by molar-refractivity contribution is 5.85. The first-order valence-corrected chi connectivity index (χ1v) is 3.71. The van der Waals surface area contributed by atoms with E-state index in [1.54, 1.807) is 4.90 Å². The van der Waals surface area contributed by atoms with E-state index in [2.05, 4.69) is 0 Å². The predicted octanol–water partition coefficient (Wildman–Crippen LogP) is 1.17. The fraction of sp³-hybridized carbons (Fsp3) is 0.857. The molecular formula is C7H15ClFNO2. The third-order valence-electron chi connectivity index (χ3n) is 1.58. The lowest BCUT2D eigenvalue weighted by atomic mass is 10.3. The molecule has 0 radical (unpaired) electrons. The van der Waals surface area contributed by atoms with Crippen LogP contribution in [-0.2, 0) is 4.79 Å². The van der Waals surface area contributed by atoms with Crippen molar-refractivity contribution in [1.29, 1.82) is 0 Å². The molecule has 0 fully saturated rings. The van der Waals surface area contributed by atoms with Gasteiger partial charge < -0.3 is 10.0 Å². The molecule has 5 heteroatoms. The van der Waals surface area contributed by atoms with Crippen LogP contribution in [0.5, 0.6) is 0 Å². The fourth-order valence-electron chi connectivity index (χ4n) is 0.787. The SMILES string of the molecule is CCN(CC)CC(F)C(=O)O.Cl. The summed E-state index contributed by atoms with van der Waals surface area (Å²) in [4.78, 5) is 11.8. The largest absolute Gasteiger partial charge is 0.479 e. The van der Waals surface area contributed by atoms with Gasteiger partial charge in [-0.25, -0.2) is 9.18 Å². The summed E-state index contributed by atoms with van der Waals surface area (Å²) in [6.45, 7) is 5.10. The summed E-state index contributed by atoms with van der Waals surface area (Å²) in [6.07, 6.45) is -1.75. The van der Waals surface area contributed by atoms with Crippen molar-refractivity contribution in [3.63, 3.8) is 0 Å². The van der Waals surface area contributed by atoms with Gasteiger partial charge in [0.15, 0.2) is 0 Å². The standard InChI is InChI=1S/C7H14FNO2.ClH/c1-3-9(4-2)5-6(8)7(10)11;/h6H,3-5H2,1-2H3,(H,10,11);1H. The molecule has 3 nitrogen and oxygen atoms in total. The first kappa shape index (κ1) is 14.2. The highest BCUT2D eigenvalue weighted by Gasteiger charge is 2.17. The number of hydrogen-bond acceptors (Lipinski definition) is 2. The molecule has 0 aliphatic rings. The van der Waals surface area contributed by atoms with Gasteiger partial charge in [0, 0.05) is 6.54 Å². The minimum absolute atomic E-state index is 0. The molecule has 0 heterocycles. The third kappa shape index (κ3) is 5.32. The average Bonchev–Trinajstić information content (AvgIpc) is 1.99. The van der Waals surface area contributed by atoms with Crippen molar-refractivity contribution in [3.8, 4) is 0 Å². The van der Waals surface area contributed by atoms with E-state index in [1.807, 2.05) is 13.8 Å². The molecule has 0 aliphatic heterocycles. The van der Waals surface area contributed by atoms with Gasteiger partial charge in [0.25, 0.3) is 0 Å². The molecule has 0 bridgehead atoms. The molecule has 0 rings (SSSR count). The Balaban J connectivity index is 0. The summed E-state index contributed by atoms with van der Waals surface area (Å²) in [5, 5.41) is 8.22. The van der Waals surface area contributed by atoms with Crippen LogP contribution in [-0.4, -0.2) is 41.8 Å². The molecule has 0 aromatic heterocycles. The van der Waals surface area contributed by atoms with Crippen molar-refractivity contribution in [2.45, 2.75) is 20.0 Å². The molecular weight excluding hydrogens is 185 g/mol. The molecule has 1 atom stereocenters. The zero-order valence-corrected chi connectivity index (χ0v) is 8.10. The van der Waals surface area contributed by atoms with Crippen molar-refractivity contribution >= 4 is 18.4 Å². The second kappa shape index (κ2) is 7.31. The first-order chi connectivity index (χ1) is 5.11. The van der Waals surface area contributed by atoms with E-state index in [1.165, 1.54) is 0 Å². The Morgan fingerprint density at radius 3 is 2.17 bits per heavy atom. The van der Waals surface area contributed by atoms with Crippen LogP contribution in [0.25, 0.3) is 0 Å². The Morgan fingerprint density at radius 1 is 1.50 bits per heavy atom. The number of carboxylic acids is 1. The Kier molecular flexibility index (Phi) is 8.64. The maximum Gasteiger partial charge on any atom is 0.339 e. The molecule has 0 aromatic rings. The minimum atomic E-state index is -1.75. The lowest BCUT2D eigenvalue weighted by Crippen LogP contribution is -2.34. The topological polar surface area (TPSA) is 40.5 Å². The third-order valence-corrected chi connectivity index (χ3v) is 1.58. The summed E-state index contributed by atoms with van der Waals surface area (Å²) in [5.74, 6) is -1.38. The highest BCUT2D eigenvalue weighted by atomic mass is 35.5. The predicted molar refractivity (Wildman–Crippen MR) is 47.6 cm³/mol. The van der Waals surface area contributed by atoms with Crippen LogP contribution in [0.15, 0.2) is 0 Å². The molecule has 0 saturated carbocycles. The summed E-state index contributed by atoms with van der Waals surface area (Å²) in [6, 6.07) is 0. The van der Waals surface area contributed by atoms with Crippen LogP contribution in [0.1, 0.15) is 13.8 Å². The lowest BCUT2D eigenvalue weighted by Gasteiger charge is -2.17. The first-order valence-electron chi connectivity index (χ1n) is 3.71. The minimum Gasteiger partial charge on any atom is -0.479 e. The van der Waals surface area contributed by atoms with Gasteiger partial charge in [-0.15, -0.1) is 12.4 Å². The van der Waals surface area contributed by atoms with Crippen molar-refractivity contribution < 1.29 is 14.3 Å². The van der Waals surface area contributed by atoms with Gasteiger partial charge in [-0.2, -0.15) is 0 Å². The summed E-state index contributed by atoms with van der Waals surface area (Å²) in [5.41, 5.74) is 0. The number of carboxylic acid groups (broad SMARTS) is 1. The van der Waals surface area contributed by atoms with Gasteiger partial charge in [0.05, 0.1) is 0 Å². The summed E-state index contributed by atoms with van der Waals surface area (Å²) >= 11 is 0. The molecule has 0 aromatic carbocycles. The number of carbonyl (C=O) groups is 1. The molecule has 1 N–H and O–H groups in total. The Hall–Kier alpha value is -0.350. The van der Waals surface area contributed by atoms with E-state index in [0.717, 1.165) is 0 Å². The van der Waals surface area contributed by atoms with Crippen LogP contribution >= 0.6 is 12.4 Å². The van der Waals surface area contributed by atoms with Gasteiger partial charge in [0.1, 0.15) is 0 Å². The monoisotopic (exact) mass is 199 g/mol. The van der Waals surface area contributed by atoms with E-state index in [9.17, 15) is 9.18 Å². The van der Waals surface area contributed by atoms with Crippen LogP contribution in [0, 0.1) is 0 Å². The van der Waals surface area contributed by atoms with Crippen LogP contribution in [0.4, 0.5) is 4.39 Å². The summed E-state index contributed by atoms with van der Waals surface area (Å²) in [7, 11) is 0. The Bertz CT molecular complexity index is 131. The second-order valence-corrected chi connectivity index (χ2v) is 2.29. The maximum atomic E-state index is 12.5.